The number of hydrogen-bond acceptors (Lipinski definition) is 3. The lowest BCUT2D eigenvalue weighted by Gasteiger charge is -2.13. The lowest BCUT2D eigenvalue weighted by Crippen LogP contribution is -2.29. The van der Waals surface area contributed by atoms with E-state index in [1.807, 2.05) is 16.8 Å². The summed E-state index contributed by atoms with van der Waals surface area (Å²) in [6.45, 7) is 0. The van der Waals surface area contributed by atoms with Gasteiger partial charge in [0.2, 0.25) is 0 Å². The third-order valence-electron chi connectivity index (χ3n) is 3.52. The van der Waals surface area contributed by atoms with Crippen LogP contribution < -0.4 is 5.32 Å². The van der Waals surface area contributed by atoms with Gasteiger partial charge in [0.05, 0.1) is 11.2 Å². The molecule has 3 heteroatoms. The van der Waals surface area contributed by atoms with Gasteiger partial charge in [-0.2, -0.15) is 0 Å². The average Bonchev–Trinajstić information content (AvgIpc) is 3.09. The van der Waals surface area contributed by atoms with E-state index in [2.05, 4.69) is 17.3 Å². The number of aromatic nitrogens is 1. The molecule has 2 aliphatic carbocycles. The molecule has 0 saturated heterocycles. The molecule has 2 fully saturated rings. The summed E-state index contributed by atoms with van der Waals surface area (Å²) in [4.78, 5) is 6.06. The molecule has 0 bridgehead atoms. The van der Waals surface area contributed by atoms with Crippen LogP contribution in [0.25, 0.3) is 0 Å². The van der Waals surface area contributed by atoms with Crippen LogP contribution in [0.4, 0.5) is 0 Å². The average molecular weight is 208 g/mol. The minimum Gasteiger partial charge on any atom is -0.314 e. The fourth-order valence-electron chi connectivity index (χ4n) is 2.07. The molecule has 0 spiro atoms. The lowest BCUT2D eigenvalue weighted by atomic mass is 10.1. The highest BCUT2D eigenvalue weighted by Gasteiger charge is 2.42. The van der Waals surface area contributed by atoms with Crippen LogP contribution in [-0.4, -0.2) is 17.6 Å². The van der Waals surface area contributed by atoms with E-state index >= 15 is 0 Å². The highest BCUT2D eigenvalue weighted by molar-refractivity contribution is 7.09. The largest absolute Gasteiger partial charge is 0.314 e. The van der Waals surface area contributed by atoms with E-state index in [1.54, 1.807) is 4.88 Å². The van der Waals surface area contributed by atoms with Gasteiger partial charge in [0, 0.05) is 22.8 Å². The van der Waals surface area contributed by atoms with Gasteiger partial charge in [0.1, 0.15) is 0 Å². The van der Waals surface area contributed by atoms with Crippen molar-refractivity contribution in [1.29, 1.82) is 0 Å². The van der Waals surface area contributed by atoms with Crippen molar-refractivity contribution in [1.82, 2.24) is 10.3 Å². The summed E-state index contributed by atoms with van der Waals surface area (Å²) in [6, 6.07) is 0. The van der Waals surface area contributed by atoms with Gasteiger partial charge in [-0.15, -0.1) is 11.3 Å². The standard InChI is InChI=1S/C11H16N2S/c1-12-11(4-5-11)6-9-10(8-2-3-8)13-7-14-9/h7-8,12H,2-6H2,1H3. The van der Waals surface area contributed by atoms with Crippen molar-refractivity contribution >= 4 is 11.3 Å². The summed E-state index contributed by atoms with van der Waals surface area (Å²) in [5, 5.41) is 3.46. The lowest BCUT2D eigenvalue weighted by molar-refractivity contribution is 0.550. The molecule has 0 amide bonds. The molecule has 3 rings (SSSR count). The fraction of sp³-hybridized carbons (Fsp3) is 0.727. The molecular formula is C11H16N2S. The summed E-state index contributed by atoms with van der Waals surface area (Å²) >= 11 is 1.85. The van der Waals surface area contributed by atoms with E-state index in [-0.39, 0.29) is 0 Å². The van der Waals surface area contributed by atoms with E-state index in [0.29, 0.717) is 5.54 Å². The Kier molecular flexibility index (Phi) is 1.92. The molecule has 0 aliphatic heterocycles. The Bertz CT molecular complexity index is 337. The normalized spacial score (nSPS) is 23.8. The summed E-state index contributed by atoms with van der Waals surface area (Å²) in [6.07, 6.45) is 6.61. The van der Waals surface area contributed by atoms with Crippen LogP contribution in [0.15, 0.2) is 5.51 Å². The zero-order chi connectivity index (χ0) is 9.60. The van der Waals surface area contributed by atoms with Gasteiger partial charge in [0.25, 0.3) is 0 Å². The van der Waals surface area contributed by atoms with Crippen molar-refractivity contribution < 1.29 is 0 Å². The molecule has 1 aromatic rings. The van der Waals surface area contributed by atoms with Crippen LogP contribution in [0.3, 0.4) is 0 Å². The second kappa shape index (κ2) is 3.04. The molecule has 0 aromatic carbocycles. The van der Waals surface area contributed by atoms with Gasteiger partial charge in [-0.25, -0.2) is 4.98 Å². The van der Waals surface area contributed by atoms with Crippen molar-refractivity contribution in [3.8, 4) is 0 Å². The summed E-state index contributed by atoms with van der Waals surface area (Å²) in [5.74, 6) is 0.809. The Morgan fingerprint density at radius 3 is 2.93 bits per heavy atom. The zero-order valence-electron chi connectivity index (χ0n) is 8.55. The minimum atomic E-state index is 0.441. The Hall–Kier alpha value is -0.410. The molecule has 2 nitrogen and oxygen atoms in total. The summed E-state index contributed by atoms with van der Waals surface area (Å²) < 4.78 is 0. The molecule has 0 unspecified atom stereocenters. The number of thiazole rings is 1. The van der Waals surface area contributed by atoms with E-state index in [0.717, 1.165) is 5.92 Å². The first kappa shape index (κ1) is 8.86. The number of nitrogens with one attached hydrogen (secondary N) is 1. The number of nitrogens with zero attached hydrogens (tertiary/aromatic N) is 1. The minimum absolute atomic E-state index is 0.441. The van der Waals surface area contributed by atoms with Crippen molar-refractivity contribution in [3.63, 3.8) is 0 Å². The highest BCUT2D eigenvalue weighted by atomic mass is 32.1. The first-order valence-corrected chi connectivity index (χ1v) is 6.32. The van der Waals surface area contributed by atoms with Gasteiger partial charge >= 0.3 is 0 Å². The molecule has 1 heterocycles. The predicted molar refractivity (Wildman–Crippen MR) is 58.8 cm³/mol. The number of hydrogen-bond donors (Lipinski definition) is 1. The third kappa shape index (κ3) is 1.48. The van der Waals surface area contributed by atoms with Crippen molar-refractivity contribution in [2.75, 3.05) is 7.05 Å². The van der Waals surface area contributed by atoms with Crippen LogP contribution in [0, 0.1) is 0 Å². The maximum Gasteiger partial charge on any atom is 0.0797 e. The van der Waals surface area contributed by atoms with Crippen molar-refractivity contribution in [2.24, 2.45) is 0 Å². The van der Waals surface area contributed by atoms with Crippen LogP contribution in [0.1, 0.15) is 42.2 Å². The molecule has 1 aromatic heterocycles. The smallest absolute Gasteiger partial charge is 0.0797 e. The van der Waals surface area contributed by atoms with Gasteiger partial charge in [-0.3, -0.25) is 0 Å². The highest BCUT2D eigenvalue weighted by Crippen LogP contribution is 2.45. The molecule has 2 saturated carbocycles. The Morgan fingerprint density at radius 2 is 2.36 bits per heavy atom. The third-order valence-corrected chi connectivity index (χ3v) is 4.37. The van der Waals surface area contributed by atoms with Crippen molar-refractivity contribution in [2.45, 2.75) is 43.6 Å². The molecule has 0 radical (unpaired) electrons. The maximum atomic E-state index is 4.52. The summed E-state index contributed by atoms with van der Waals surface area (Å²) in [5.41, 5.74) is 3.88. The first-order chi connectivity index (χ1) is 6.83. The Labute approximate surface area is 88.7 Å². The van der Waals surface area contributed by atoms with Gasteiger partial charge in [-0.05, 0) is 32.7 Å². The second-order valence-electron chi connectivity index (χ2n) is 4.64. The molecule has 0 atom stereocenters. The van der Waals surface area contributed by atoms with Gasteiger partial charge in [-0.1, -0.05) is 0 Å². The van der Waals surface area contributed by atoms with Crippen LogP contribution in [0.2, 0.25) is 0 Å². The second-order valence-corrected chi connectivity index (χ2v) is 5.58. The monoisotopic (exact) mass is 208 g/mol. The van der Waals surface area contributed by atoms with E-state index in [9.17, 15) is 0 Å². The van der Waals surface area contributed by atoms with Gasteiger partial charge in [0.15, 0.2) is 0 Å². The van der Waals surface area contributed by atoms with Crippen LogP contribution >= 0.6 is 11.3 Å². The van der Waals surface area contributed by atoms with Crippen LogP contribution in [-0.2, 0) is 6.42 Å². The SMILES string of the molecule is CNC1(Cc2scnc2C2CC2)CC1. The van der Waals surface area contributed by atoms with Gasteiger partial charge < -0.3 is 5.32 Å². The van der Waals surface area contributed by atoms with E-state index in [1.165, 1.54) is 37.8 Å². The quantitative estimate of drug-likeness (QED) is 0.821. The van der Waals surface area contributed by atoms with Crippen molar-refractivity contribution in [3.05, 3.63) is 16.1 Å². The predicted octanol–water partition coefficient (Wildman–Crippen LogP) is 2.32. The van der Waals surface area contributed by atoms with Crippen LogP contribution in [0.5, 0.6) is 0 Å². The molecule has 1 N–H and O–H groups in total. The fourth-order valence-corrected chi connectivity index (χ4v) is 3.07. The van der Waals surface area contributed by atoms with E-state index in [4.69, 9.17) is 0 Å². The summed E-state index contributed by atoms with van der Waals surface area (Å²) in [7, 11) is 2.09. The van der Waals surface area contributed by atoms with E-state index < -0.39 is 0 Å². The first-order valence-electron chi connectivity index (χ1n) is 5.44. The zero-order valence-corrected chi connectivity index (χ0v) is 9.36. The Morgan fingerprint density at radius 1 is 1.57 bits per heavy atom. The maximum absolute atomic E-state index is 4.52. The number of rotatable bonds is 4. The molecule has 76 valence electrons. The topological polar surface area (TPSA) is 24.9 Å². The molecular weight excluding hydrogens is 192 g/mol. The number of likely N-dealkylation sites (N-methyl/N-ethyl adjacent to an activating group) is 1. The Balaban J connectivity index is 1.78. The molecule has 14 heavy (non-hydrogen) atoms. The molecule has 2 aliphatic rings.